The second-order valence-electron chi connectivity index (χ2n) is 10.7. The first kappa shape index (κ1) is 26.6. The van der Waals surface area contributed by atoms with Gasteiger partial charge in [-0.1, -0.05) is 24.3 Å². The van der Waals surface area contributed by atoms with Crippen LogP contribution in [-0.4, -0.2) is 78.7 Å². The van der Waals surface area contributed by atoms with Crippen LogP contribution in [0.25, 0.3) is 11.1 Å². The molecule has 36 heavy (non-hydrogen) atoms. The van der Waals surface area contributed by atoms with E-state index in [1.807, 2.05) is 48.5 Å². The Hall–Kier alpha value is -2.48. The lowest BCUT2D eigenvalue weighted by atomic mass is 9.97. The van der Waals surface area contributed by atoms with E-state index < -0.39 is 12.0 Å². The Morgan fingerprint density at radius 2 is 1.64 bits per heavy atom. The molecule has 2 unspecified atom stereocenters. The van der Waals surface area contributed by atoms with Crippen molar-refractivity contribution in [3.05, 3.63) is 54.1 Å². The van der Waals surface area contributed by atoms with Gasteiger partial charge in [0.05, 0.1) is 12.6 Å². The van der Waals surface area contributed by atoms with E-state index in [1.165, 1.54) is 7.11 Å². The smallest absolute Gasteiger partial charge is 0.254 e. The fraction of sp³-hybridized carbons (Fsp3) is 0.552. The van der Waals surface area contributed by atoms with Gasteiger partial charge in [-0.25, -0.2) is 4.39 Å². The number of aliphatic hydroxyl groups is 1. The molecule has 2 aliphatic rings. The summed E-state index contributed by atoms with van der Waals surface area (Å²) in [6, 6.07) is 15.3. The normalized spacial score (nSPS) is 20.5. The predicted molar refractivity (Wildman–Crippen MR) is 139 cm³/mol. The Kier molecular flexibility index (Phi) is 8.65. The third kappa shape index (κ3) is 6.84. The molecule has 2 aliphatic heterocycles. The number of ether oxygens (including phenoxy) is 2. The Morgan fingerprint density at radius 3 is 2.22 bits per heavy atom. The highest BCUT2D eigenvalue weighted by Gasteiger charge is 2.34. The maximum absolute atomic E-state index is 13.9. The van der Waals surface area contributed by atoms with Crippen LogP contribution in [0.15, 0.2) is 48.5 Å². The largest absolute Gasteiger partial charge is 0.493 e. The Labute approximate surface area is 214 Å². The van der Waals surface area contributed by atoms with Gasteiger partial charge in [-0.2, -0.15) is 0 Å². The third-order valence-corrected chi connectivity index (χ3v) is 7.24. The topological polar surface area (TPSA) is 62.2 Å². The first-order valence-electron chi connectivity index (χ1n) is 13.0. The van der Waals surface area contributed by atoms with Crippen molar-refractivity contribution in [3.63, 3.8) is 0 Å². The molecule has 2 aromatic rings. The van der Waals surface area contributed by atoms with Gasteiger partial charge in [0.15, 0.2) is 6.29 Å². The number of hydrogen-bond donors (Lipinski definition) is 1. The number of carbonyl (C=O) groups is 1. The van der Waals surface area contributed by atoms with Crippen LogP contribution < -0.4 is 4.74 Å². The third-order valence-electron chi connectivity index (χ3n) is 7.24. The molecule has 2 aromatic carbocycles. The Balaban J connectivity index is 1.28. The van der Waals surface area contributed by atoms with Crippen LogP contribution in [-0.2, 0) is 4.74 Å². The van der Waals surface area contributed by atoms with Crippen molar-refractivity contribution >= 4 is 5.91 Å². The van der Waals surface area contributed by atoms with Crippen molar-refractivity contribution in [2.75, 3.05) is 39.9 Å². The molecule has 2 atom stereocenters. The fourth-order valence-electron chi connectivity index (χ4n) is 5.27. The minimum absolute atomic E-state index is 0.0804. The number of carbonyl (C=O) groups excluding carboxylic acids is 1. The summed E-state index contributed by atoms with van der Waals surface area (Å²) < 4.78 is 25.0. The van der Waals surface area contributed by atoms with E-state index in [1.54, 1.807) is 18.7 Å². The second-order valence-corrected chi connectivity index (χ2v) is 10.7. The van der Waals surface area contributed by atoms with Gasteiger partial charge >= 0.3 is 0 Å². The van der Waals surface area contributed by atoms with E-state index >= 15 is 0 Å². The summed E-state index contributed by atoms with van der Waals surface area (Å²) in [6.45, 7) is 6.92. The maximum atomic E-state index is 13.9. The monoisotopic (exact) mass is 498 g/mol. The highest BCUT2D eigenvalue weighted by Crippen LogP contribution is 2.27. The number of aliphatic hydroxyl groups excluding tert-OH is 1. The molecular formula is C29H39FN2O4. The summed E-state index contributed by atoms with van der Waals surface area (Å²) >= 11 is 0. The standard InChI is InChI=1S/C29H39FN2O4/c1-29(2,30)20-31-17-14-21(15-18-31)19-36-25-12-10-23(11-13-25)22-6-8-24(9-7-22)27(33)32-16-4-5-26(32)28(34)35-3/h6-13,21,26,28,34H,4-5,14-20H2,1-3H3. The molecule has 0 aliphatic carbocycles. The minimum Gasteiger partial charge on any atom is -0.493 e. The van der Waals surface area contributed by atoms with Crippen LogP contribution in [0.1, 0.15) is 49.9 Å². The number of amides is 1. The first-order valence-corrected chi connectivity index (χ1v) is 13.0. The van der Waals surface area contributed by atoms with Crippen LogP contribution in [0.3, 0.4) is 0 Å². The highest BCUT2D eigenvalue weighted by atomic mass is 19.1. The number of benzene rings is 2. The van der Waals surface area contributed by atoms with Crippen molar-refractivity contribution < 1.29 is 23.8 Å². The molecule has 6 nitrogen and oxygen atoms in total. The summed E-state index contributed by atoms with van der Waals surface area (Å²) in [4.78, 5) is 16.9. The highest BCUT2D eigenvalue weighted by molar-refractivity contribution is 5.95. The number of halogens is 1. The number of rotatable bonds is 9. The molecule has 2 saturated heterocycles. The zero-order valence-electron chi connectivity index (χ0n) is 21.7. The number of alkyl halides is 1. The fourth-order valence-corrected chi connectivity index (χ4v) is 5.27. The molecule has 0 bridgehead atoms. The molecule has 0 aromatic heterocycles. The van der Waals surface area contributed by atoms with Gasteiger partial charge < -0.3 is 24.4 Å². The van der Waals surface area contributed by atoms with E-state index in [9.17, 15) is 14.3 Å². The van der Waals surface area contributed by atoms with Crippen molar-refractivity contribution in [1.82, 2.24) is 9.80 Å². The summed E-state index contributed by atoms with van der Waals surface area (Å²) in [5, 5.41) is 10.1. The molecule has 196 valence electrons. The number of likely N-dealkylation sites (tertiary alicyclic amines) is 2. The van der Waals surface area contributed by atoms with Crippen LogP contribution >= 0.6 is 0 Å². The van der Waals surface area contributed by atoms with E-state index in [-0.39, 0.29) is 11.9 Å². The van der Waals surface area contributed by atoms with Gasteiger partial charge in [0, 0.05) is 25.8 Å². The van der Waals surface area contributed by atoms with Crippen LogP contribution in [0, 0.1) is 5.92 Å². The van der Waals surface area contributed by atoms with Crippen LogP contribution in [0.4, 0.5) is 4.39 Å². The van der Waals surface area contributed by atoms with Crippen molar-refractivity contribution in [2.24, 2.45) is 5.92 Å². The van der Waals surface area contributed by atoms with E-state index in [0.717, 1.165) is 55.6 Å². The average molecular weight is 499 g/mol. The molecule has 0 radical (unpaired) electrons. The zero-order chi connectivity index (χ0) is 25.7. The molecule has 1 amide bonds. The van der Waals surface area contributed by atoms with Crippen molar-refractivity contribution in [2.45, 2.75) is 57.5 Å². The van der Waals surface area contributed by atoms with Crippen LogP contribution in [0.5, 0.6) is 5.75 Å². The summed E-state index contributed by atoms with van der Waals surface area (Å²) in [5.41, 5.74) is 1.54. The van der Waals surface area contributed by atoms with Crippen molar-refractivity contribution in [3.8, 4) is 16.9 Å². The number of hydrogen-bond acceptors (Lipinski definition) is 5. The Morgan fingerprint density at radius 1 is 1.03 bits per heavy atom. The van der Waals surface area contributed by atoms with Gasteiger partial charge in [0.2, 0.25) is 0 Å². The van der Waals surface area contributed by atoms with Gasteiger partial charge in [-0.15, -0.1) is 0 Å². The molecule has 2 fully saturated rings. The molecule has 2 heterocycles. The molecular weight excluding hydrogens is 459 g/mol. The van der Waals surface area contributed by atoms with Gasteiger partial charge in [-0.05, 0) is 93.9 Å². The molecule has 4 rings (SSSR count). The molecule has 0 spiro atoms. The van der Waals surface area contributed by atoms with E-state index in [4.69, 9.17) is 9.47 Å². The number of nitrogens with zero attached hydrogens (tertiary/aromatic N) is 2. The summed E-state index contributed by atoms with van der Waals surface area (Å²) in [5.74, 6) is 1.26. The predicted octanol–water partition coefficient (Wildman–Crippen LogP) is 4.76. The number of piperidine rings is 1. The summed E-state index contributed by atoms with van der Waals surface area (Å²) in [7, 11) is 1.46. The lowest BCUT2D eigenvalue weighted by Crippen LogP contribution is -2.43. The van der Waals surface area contributed by atoms with E-state index in [2.05, 4.69) is 4.90 Å². The molecule has 1 N–H and O–H groups in total. The second kappa shape index (κ2) is 11.7. The molecule has 7 heteroatoms. The SMILES string of the molecule is COC(O)C1CCCN1C(=O)c1ccc(-c2ccc(OCC3CCN(CC(C)(C)F)CC3)cc2)cc1. The van der Waals surface area contributed by atoms with Gasteiger partial charge in [0.25, 0.3) is 5.91 Å². The average Bonchev–Trinajstić information content (AvgIpc) is 3.37. The maximum Gasteiger partial charge on any atom is 0.254 e. The Bertz CT molecular complexity index is 982. The number of methoxy groups -OCH3 is 1. The van der Waals surface area contributed by atoms with Crippen molar-refractivity contribution in [1.29, 1.82) is 0 Å². The first-order chi connectivity index (χ1) is 17.2. The molecule has 0 saturated carbocycles. The minimum atomic E-state index is -1.15. The summed E-state index contributed by atoms with van der Waals surface area (Å²) in [6.07, 6.45) is 2.70. The quantitative estimate of drug-likeness (QED) is 0.505. The zero-order valence-corrected chi connectivity index (χ0v) is 21.7. The lowest BCUT2D eigenvalue weighted by molar-refractivity contribution is -0.111. The lowest BCUT2D eigenvalue weighted by Gasteiger charge is -2.34. The van der Waals surface area contributed by atoms with E-state index in [0.29, 0.717) is 31.2 Å². The van der Waals surface area contributed by atoms with Gasteiger partial charge in [-0.3, -0.25) is 4.79 Å². The van der Waals surface area contributed by atoms with Crippen LogP contribution in [0.2, 0.25) is 0 Å². The van der Waals surface area contributed by atoms with Gasteiger partial charge in [0.1, 0.15) is 11.4 Å².